The molecule has 21 heavy (non-hydrogen) atoms. The molecular formula is C15H23NO4S. The summed E-state index contributed by atoms with van der Waals surface area (Å²) in [4.78, 5) is 0.211. The zero-order valence-corrected chi connectivity index (χ0v) is 13.3. The van der Waals surface area contributed by atoms with Crippen molar-refractivity contribution < 1.29 is 18.3 Å². The number of rotatable bonds is 5. The lowest BCUT2D eigenvalue weighted by molar-refractivity contribution is 0.0173. The molecule has 1 aromatic carbocycles. The Morgan fingerprint density at radius 3 is 2.76 bits per heavy atom. The lowest BCUT2D eigenvalue weighted by Gasteiger charge is -2.27. The van der Waals surface area contributed by atoms with Crippen LogP contribution in [0.1, 0.15) is 37.8 Å². The molecule has 0 spiro atoms. The number of benzene rings is 1. The summed E-state index contributed by atoms with van der Waals surface area (Å²) in [6, 6.07) is 4.84. The molecular weight excluding hydrogens is 290 g/mol. The molecule has 1 aliphatic rings. The van der Waals surface area contributed by atoms with E-state index in [1.807, 2.05) is 13.8 Å². The smallest absolute Gasteiger partial charge is 0.240 e. The third-order valence-electron chi connectivity index (χ3n) is 3.85. The van der Waals surface area contributed by atoms with E-state index in [1.165, 1.54) is 0 Å². The Hall–Kier alpha value is -0.950. The van der Waals surface area contributed by atoms with Gasteiger partial charge in [0.25, 0.3) is 0 Å². The first-order valence-electron chi connectivity index (χ1n) is 7.33. The largest absolute Gasteiger partial charge is 0.392 e. The Labute approximate surface area is 126 Å². The summed E-state index contributed by atoms with van der Waals surface area (Å²) in [5.41, 5.74) is 1.64. The van der Waals surface area contributed by atoms with Crippen LogP contribution in [-0.4, -0.2) is 32.3 Å². The summed E-state index contributed by atoms with van der Waals surface area (Å²) in [6.45, 7) is 4.34. The molecule has 5 nitrogen and oxygen atoms in total. The summed E-state index contributed by atoms with van der Waals surface area (Å²) in [6.07, 6.45) is 2.20. The molecule has 1 saturated heterocycles. The van der Waals surface area contributed by atoms with E-state index in [-0.39, 0.29) is 23.6 Å². The molecule has 118 valence electrons. The van der Waals surface area contributed by atoms with E-state index in [4.69, 9.17) is 4.74 Å². The molecule has 0 aromatic heterocycles. The van der Waals surface area contributed by atoms with Crippen LogP contribution in [0, 0.1) is 0 Å². The van der Waals surface area contributed by atoms with Crippen LogP contribution in [0.2, 0.25) is 0 Å². The second kappa shape index (κ2) is 6.87. The lowest BCUT2D eigenvalue weighted by atomic mass is 10.1. The van der Waals surface area contributed by atoms with Gasteiger partial charge in [-0.15, -0.1) is 0 Å². The number of aliphatic hydroxyl groups is 1. The van der Waals surface area contributed by atoms with Crippen molar-refractivity contribution in [2.75, 3.05) is 6.61 Å². The molecule has 2 atom stereocenters. The third-order valence-corrected chi connectivity index (χ3v) is 5.36. The van der Waals surface area contributed by atoms with Gasteiger partial charge in [-0.25, -0.2) is 13.1 Å². The molecule has 0 aliphatic carbocycles. The zero-order valence-electron chi connectivity index (χ0n) is 12.5. The van der Waals surface area contributed by atoms with Gasteiger partial charge in [-0.1, -0.05) is 13.0 Å². The Bertz CT molecular complexity index is 585. The minimum atomic E-state index is -3.56. The van der Waals surface area contributed by atoms with E-state index in [0.29, 0.717) is 25.0 Å². The standard InChI is InChI=1S/C15H23NO4S/c1-3-12-4-5-15(9-13(12)10-17)21(18,19)16-14-6-7-20-11(2)8-14/h4-5,9,11,14,16-17H,3,6-8,10H2,1-2H3. The Kier molecular flexibility index (Phi) is 5.37. The molecule has 1 fully saturated rings. The number of aryl methyl sites for hydroxylation is 1. The highest BCUT2D eigenvalue weighted by Crippen LogP contribution is 2.20. The first-order valence-corrected chi connectivity index (χ1v) is 8.81. The minimum absolute atomic E-state index is 0.0712. The molecule has 2 N–H and O–H groups in total. The normalized spacial score (nSPS) is 23.2. The van der Waals surface area contributed by atoms with E-state index in [2.05, 4.69) is 4.72 Å². The molecule has 1 heterocycles. The predicted molar refractivity (Wildman–Crippen MR) is 80.5 cm³/mol. The predicted octanol–water partition coefficient (Wildman–Crippen LogP) is 1.59. The van der Waals surface area contributed by atoms with E-state index >= 15 is 0 Å². The van der Waals surface area contributed by atoms with E-state index in [9.17, 15) is 13.5 Å². The van der Waals surface area contributed by atoms with Crippen molar-refractivity contribution in [1.29, 1.82) is 0 Å². The second-order valence-electron chi connectivity index (χ2n) is 5.47. The van der Waals surface area contributed by atoms with Gasteiger partial charge in [-0.3, -0.25) is 0 Å². The number of hydrogen-bond acceptors (Lipinski definition) is 4. The van der Waals surface area contributed by atoms with Crippen LogP contribution in [0.15, 0.2) is 23.1 Å². The summed E-state index contributed by atoms with van der Waals surface area (Å²) >= 11 is 0. The van der Waals surface area contributed by atoms with Gasteiger partial charge < -0.3 is 9.84 Å². The minimum Gasteiger partial charge on any atom is -0.392 e. The molecule has 2 unspecified atom stereocenters. The molecule has 6 heteroatoms. The van der Waals surface area contributed by atoms with Gasteiger partial charge in [-0.05, 0) is 49.4 Å². The van der Waals surface area contributed by atoms with E-state index in [1.54, 1.807) is 18.2 Å². The SMILES string of the molecule is CCc1ccc(S(=O)(=O)NC2CCOC(C)C2)cc1CO. The third kappa shape index (κ3) is 4.03. The topological polar surface area (TPSA) is 75.6 Å². The van der Waals surface area contributed by atoms with Gasteiger partial charge in [0.1, 0.15) is 0 Å². The Balaban J connectivity index is 2.19. The van der Waals surface area contributed by atoms with Crippen molar-refractivity contribution in [1.82, 2.24) is 4.72 Å². The first kappa shape index (κ1) is 16.4. The second-order valence-corrected chi connectivity index (χ2v) is 7.18. The zero-order chi connectivity index (χ0) is 15.5. The van der Waals surface area contributed by atoms with Crippen molar-refractivity contribution >= 4 is 10.0 Å². The molecule has 1 aliphatic heterocycles. The van der Waals surface area contributed by atoms with Crippen molar-refractivity contribution in [3.63, 3.8) is 0 Å². The van der Waals surface area contributed by atoms with Crippen LogP contribution in [0.5, 0.6) is 0 Å². The lowest BCUT2D eigenvalue weighted by Crippen LogP contribution is -2.41. The van der Waals surface area contributed by atoms with Crippen LogP contribution < -0.4 is 4.72 Å². The van der Waals surface area contributed by atoms with Crippen molar-refractivity contribution in [3.05, 3.63) is 29.3 Å². The summed E-state index contributed by atoms with van der Waals surface area (Å²) < 4.78 is 33.1. The number of hydrogen-bond donors (Lipinski definition) is 2. The molecule has 2 rings (SSSR count). The maximum absolute atomic E-state index is 12.4. The number of sulfonamides is 1. The molecule has 0 radical (unpaired) electrons. The molecule has 0 bridgehead atoms. The highest BCUT2D eigenvalue weighted by molar-refractivity contribution is 7.89. The fraction of sp³-hybridized carbons (Fsp3) is 0.600. The van der Waals surface area contributed by atoms with Crippen molar-refractivity contribution in [2.45, 2.75) is 56.8 Å². The molecule has 1 aromatic rings. The van der Waals surface area contributed by atoms with Crippen molar-refractivity contribution in [3.8, 4) is 0 Å². The number of aliphatic hydroxyl groups excluding tert-OH is 1. The Morgan fingerprint density at radius 2 is 2.14 bits per heavy atom. The summed E-state index contributed by atoms with van der Waals surface area (Å²) in [7, 11) is -3.56. The maximum Gasteiger partial charge on any atom is 0.240 e. The number of nitrogens with one attached hydrogen (secondary N) is 1. The van der Waals surface area contributed by atoms with E-state index in [0.717, 1.165) is 12.0 Å². The van der Waals surface area contributed by atoms with Crippen LogP contribution in [-0.2, 0) is 27.8 Å². The quantitative estimate of drug-likeness (QED) is 0.865. The van der Waals surface area contributed by atoms with Crippen LogP contribution >= 0.6 is 0 Å². The Morgan fingerprint density at radius 1 is 1.38 bits per heavy atom. The van der Waals surface area contributed by atoms with Gasteiger partial charge in [-0.2, -0.15) is 0 Å². The number of ether oxygens (including phenoxy) is 1. The summed E-state index contributed by atoms with van der Waals surface area (Å²) in [5, 5.41) is 9.36. The molecule has 0 saturated carbocycles. The van der Waals surface area contributed by atoms with Crippen LogP contribution in [0.3, 0.4) is 0 Å². The highest BCUT2D eigenvalue weighted by atomic mass is 32.2. The maximum atomic E-state index is 12.4. The highest BCUT2D eigenvalue weighted by Gasteiger charge is 2.25. The van der Waals surface area contributed by atoms with Gasteiger partial charge in [0, 0.05) is 12.6 Å². The first-order chi connectivity index (χ1) is 9.96. The van der Waals surface area contributed by atoms with Gasteiger partial charge >= 0.3 is 0 Å². The fourth-order valence-electron chi connectivity index (χ4n) is 2.65. The monoisotopic (exact) mass is 313 g/mol. The fourth-order valence-corrected chi connectivity index (χ4v) is 3.99. The average molecular weight is 313 g/mol. The van der Waals surface area contributed by atoms with Crippen LogP contribution in [0.4, 0.5) is 0 Å². The van der Waals surface area contributed by atoms with Crippen molar-refractivity contribution in [2.24, 2.45) is 0 Å². The van der Waals surface area contributed by atoms with Gasteiger partial charge in [0.2, 0.25) is 10.0 Å². The summed E-state index contributed by atoms with van der Waals surface area (Å²) in [5.74, 6) is 0. The van der Waals surface area contributed by atoms with E-state index < -0.39 is 10.0 Å². The van der Waals surface area contributed by atoms with Gasteiger partial charge in [0.05, 0.1) is 17.6 Å². The van der Waals surface area contributed by atoms with Gasteiger partial charge in [0.15, 0.2) is 0 Å². The van der Waals surface area contributed by atoms with Crippen LogP contribution in [0.25, 0.3) is 0 Å². The molecule has 0 amide bonds. The average Bonchev–Trinajstić information content (AvgIpc) is 2.46.